The van der Waals surface area contributed by atoms with E-state index in [4.69, 9.17) is 11.6 Å². The molecule has 2 aromatic rings. The Morgan fingerprint density at radius 3 is 2.69 bits per heavy atom. The quantitative estimate of drug-likeness (QED) is 0.596. The molecular weight excluding hydrogens is 354 g/mol. The number of aromatic amines is 1. The molecule has 0 aliphatic carbocycles. The molecule has 3 amide bonds. The third kappa shape index (κ3) is 5.77. The molecule has 1 atom stereocenters. The number of rotatable bonds is 7. The van der Waals surface area contributed by atoms with Crippen molar-refractivity contribution in [3.63, 3.8) is 0 Å². The Morgan fingerprint density at radius 1 is 1.31 bits per heavy atom. The summed E-state index contributed by atoms with van der Waals surface area (Å²) in [6, 6.07) is 6.31. The van der Waals surface area contributed by atoms with E-state index in [-0.39, 0.29) is 23.0 Å². The van der Waals surface area contributed by atoms with Gasteiger partial charge in [-0.15, -0.1) is 0 Å². The third-order valence-corrected chi connectivity index (χ3v) is 3.97. The number of H-pyrrole nitrogens is 1. The topological polar surface area (TPSA) is 98.9 Å². The highest BCUT2D eigenvalue weighted by molar-refractivity contribution is 6.34. The van der Waals surface area contributed by atoms with Gasteiger partial charge in [0.25, 0.3) is 5.91 Å². The molecule has 4 N–H and O–H groups in total. The van der Waals surface area contributed by atoms with Gasteiger partial charge < -0.3 is 16.0 Å². The van der Waals surface area contributed by atoms with E-state index in [0.717, 1.165) is 17.8 Å². The largest absolute Gasteiger partial charge is 0.352 e. The molecule has 8 heteroatoms. The number of benzene rings is 1. The van der Waals surface area contributed by atoms with Crippen LogP contribution in [0.5, 0.6) is 0 Å². The Morgan fingerprint density at radius 2 is 2.08 bits per heavy atom. The number of carbonyl (C=O) groups excluding carboxylic acids is 2. The van der Waals surface area contributed by atoms with Crippen LogP contribution >= 0.6 is 11.6 Å². The maximum Gasteiger partial charge on any atom is 0.319 e. The van der Waals surface area contributed by atoms with E-state index < -0.39 is 0 Å². The molecule has 0 fully saturated rings. The lowest BCUT2D eigenvalue weighted by Crippen LogP contribution is -2.37. The van der Waals surface area contributed by atoms with E-state index in [1.165, 1.54) is 0 Å². The van der Waals surface area contributed by atoms with E-state index in [2.05, 4.69) is 26.1 Å². The van der Waals surface area contributed by atoms with Crippen LogP contribution in [0.3, 0.4) is 0 Å². The van der Waals surface area contributed by atoms with Gasteiger partial charge in [-0.1, -0.05) is 18.5 Å². The minimum Gasteiger partial charge on any atom is -0.352 e. The number of anilines is 1. The van der Waals surface area contributed by atoms with Crippen LogP contribution in [0.15, 0.2) is 24.3 Å². The first-order valence-corrected chi connectivity index (χ1v) is 8.93. The summed E-state index contributed by atoms with van der Waals surface area (Å²) in [5.41, 5.74) is 2.77. The first kappa shape index (κ1) is 19.8. The molecule has 0 aliphatic rings. The number of nitrogens with one attached hydrogen (secondary N) is 4. The lowest BCUT2D eigenvalue weighted by molar-refractivity contribution is 0.0954. The van der Waals surface area contributed by atoms with Crippen molar-refractivity contribution in [1.29, 1.82) is 0 Å². The van der Waals surface area contributed by atoms with Crippen LogP contribution in [0.1, 0.15) is 42.0 Å². The number of hydrogen-bond acceptors (Lipinski definition) is 3. The normalized spacial score (nSPS) is 11.7. The molecule has 0 unspecified atom stereocenters. The predicted molar refractivity (Wildman–Crippen MR) is 103 cm³/mol. The standard InChI is InChI=1S/C18H24ClN5O2/c1-4-7-20-17(25)15-6-5-13(10-16(15)19)22-18(26)21-11(2)8-14-9-12(3)23-24-14/h5-6,9-11H,4,7-8H2,1-3H3,(H,20,25)(H,23,24)(H2,21,22,26)/t11-/m1/s1. The van der Waals surface area contributed by atoms with Crippen LogP contribution in [0.4, 0.5) is 10.5 Å². The Hall–Kier alpha value is -2.54. The van der Waals surface area contributed by atoms with Crippen LogP contribution in [0, 0.1) is 6.92 Å². The van der Waals surface area contributed by atoms with Gasteiger partial charge in [0.15, 0.2) is 0 Å². The lowest BCUT2D eigenvalue weighted by Gasteiger charge is -2.14. The van der Waals surface area contributed by atoms with Gasteiger partial charge >= 0.3 is 6.03 Å². The average Bonchev–Trinajstić information content (AvgIpc) is 2.97. The van der Waals surface area contributed by atoms with Crippen molar-refractivity contribution in [1.82, 2.24) is 20.8 Å². The highest BCUT2D eigenvalue weighted by Crippen LogP contribution is 2.21. The summed E-state index contributed by atoms with van der Waals surface area (Å²) in [6.45, 7) is 6.39. The Kier molecular flexibility index (Phi) is 7.03. The molecule has 0 saturated carbocycles. The molecule has 1 heterocycles. The minimum absolute atomic E-state index is 0.0905. The zero-order valence-electron chi connectivity index (χ0n) is 15.1. The first-order valence-electron chi connectivity index (χ1n) is 8.55. The van der Waals surface area contributed by atoms with Gasteiger partial charge in [0, 0.05) is 30.4 Å². The number of aromatic nitrogens is 2. The van der Waals surface area contributed by atoms with Crippen molar-refractivity contribution in [2.75, 3.05) is 11.9 Å². The molecule has 0 aliphatic heterocycles. The predicted octanol–water partition coefficient (Wildman–Crippen LogP) is 3.26. The van der Waals surface area contributed by atoms with Crippen molar-refractivity contribution < 1.29 is 9.59 Å². The zero-order valence-corrected chi connectivity index (χ0v) is 15.9. The van der Waals surface area contributed by atoms with E-state index >= 15 is 0 Å². The molecule has 0 saturated heterocycles. The summed E-state index contributed by atoms with van der Waals surface area (Å²) in [4.78, 5) is 24.1. The number of hydrogen-bond donors (Lipinski definition) is 4. The Bertz CT molecular complexity index is 775. The second kappa shape index (κ2) is 9.24. The van der Waals surface area contributed by atoms with Gasteiger partial charge in [-0.25, -0.2) is 4.79 Å². The maximum absolute atomic E-state index is 12.1. The Balaban J connectivity index is 1.90. The van der Waals surface area contributed by atoms with Crippen LogP contribution < -0.4 is 16.0 Å². The van der Waals surface area contributed by atoms with E-state index in [1.807, 2.05) is 26.8 Å². The average molecular weight is 378 g/mol. The zero-order chi connectivity index (χ0) is 19.1. The molecule has 26 heavy (non-hydrogen) atoms. The van der Waals surface area contributed by atoms with Gasteiger partial charge in [0.1, 0.15) is 0 Å². The fraction of sp³-hybridized carbons (Fsp3) is 0.389. The second-order valence-corrected chi connectivity index (χ2v) is 6.60. The second-order valence-electron chi connectivity index (χ2n) is 6.20. The number of nitrogens with zero attached hydrogens (tertiary/aromatic N) is 1. The third-order valence-electron chi connectivity index (χ3n) is 3.66. The van der Waals surface area contributed by atoms with Gasteiger partial charge in [0.2, 0.25) is 0 Å². The van der Waals surface area contributed by atoms with Crippen molar-refractivity contribution in [2.45, 2.75) is 39.7 Å². The molecule has 140 valence electrons. The van der Waals surface area contributed by atoms with Crippen molar-refractivity contribution in [2.24, 2.45) is 0 Å². The minimum atomic E-state index is -0.344. The van der Waals surface area contributed by atoms with Crippen LogP contribution in [-0.2, 0) is 6.42 Å². The molecular formula is C18H24ClN5O2. The van der Waals surface area contributed by atoms with Crippen LogP contribution in [-0.4, -0.2) is 34.7 Å². The maximum atomic E-state index is 12.1. The van der Waals surface area contributed by atoms with Crippen LogP contribution in [0.25, 0.3) is 0 Å². The Labute approximate surface area is 157 Å². The molecule has 0 bridgehead atoms. The summed E-state index contributed by atoms with van der Waals surface area (Å²) in [5.74, 6) is -0.226. The van der Waals surface area contributed by atoms with E-state index in [1.54, 1.807) is 18.2 Å². The van der Waals surface area contributed by atoms with Crippen molar-refractivity contribution in [3.8, 4) is 0 Å². The van der Waals surface area contributed by atoms with E-state index in [0.29, 0.717) is 24.2 Å². The van der Waals surface area contributed by atoms with Crippen molar-refractivity contribution in [3.05, 3.63) is 46.2 Å². The molecule has 2 rings (SSSR count). The van der Waals surface area contributed by atoms with Gasteiger partial charge in [-0.2, -0.15) is 5.10 Å². The molecule has 1 aromatic heterocycles. The SMILES string of the molecule is CCCNC(=O)c1ccc(NC(=O)N[C@H](C)Cc2cc(C)[nH]n2)cc1Cl. The number of amides is 3. The molecule has 7 nitrogen and oxygen atoms in total. The highest BCUT2D eigenvalue weighted by Gasteiger charge is 2.13. The summed E-state index contributed by atoms with van der Waals surface area (Å²) >= 11 is 6.16. The molecule has 1 aromatic carbocycles. The fourth-order valence-electron chi connectivity index (χ4n) is 2.45. The van der Waals surface area contributed by atoms with Crippen LogP contribution in [0.2, 0.25) is 5.02 Å². The van der Waals surface area contributed by atoms with E-state index in [9.17, 15) is 9.59 Å². The van der Waals surface area contributed by atoms with Gasteiger partial charge in [0.05, 0.1) is 16.3 Å². The smallest absolute Gasteiger partial charge is 0.319 e. The molecule has 0 spiro atoms. The summed E-state index contributed by atoms with van der Waals surface area (Å²) in [6.07, 6.45) is 1.47. The first-order chi connectivity index (χ1) is 12.4. The highest BCUT2D eigenvalue weighted by atomic mass is 35.5. The number of halogens is 1. The molecule has 0 radical (unpaired) electrons. The lowest BCUT2D eigenvalue weighted by atomic mass is 10.2. The number of carbonyl (C=O) groups is 2. The number of urea groups is 1. The summed E-state index contributed by atoms with van der Waals surface area (Å²) in [7, 11) is 0. The van der Waals surface area contributed by atoms with Gasteiger partial charge in [-0.3, -0.25) is 9.89 Å². The number of aryl methyl sites for hydroxylation is 1. The van der Waals surface area contributed by atoms with Crippen molar-refractivity contribution >= 4 is 29.2 Å². The van der Waals surface area contributed by atoms with Gasteiger partial charge in [-0.05, 0) is 44.5 Å². The monoisotopic (exact) mass is 377 g/mol. The summed E-state index contributed by atoms with van der Waals surface area (Å²) < 4.78 is 0. The summed E-state index contributed by atoms with van der Waals surface area (Å²) in [5, 5.41) is 15.7. The fourth-order valence-corrected chi connectivity index (χ4v) is 2.71.